The van der Waals surface area contributed by atoms with Gasteiger partial charge in [0.1, 0.15) is 19.3 Å². The van der Waals surface area contributed by atoms with E-state index in [2.05, 4.69) is 20.8 Å². The summed E-state index contributed by atoms with van der Waals surface area (Å²) in [5.74, 6) is -0.260. The Hall–Kier alpha value is -2.67. The van der Waals surface area contributed by atoms with Crippen LogP contribution >= 0.6 is 0 Å². The Labute approximate surface area is 206 Å². The van der Waals surface area contributed by atoms with E-state index in [-0.39, 0.29) is 53.6 Å². The van der Waals surface area contributed by atoms with Gasteiger partial charge in [0.05, 0.1) is 22.8 Å². The van der Waals surface area contributed by atoms with Crippen molar-refractivity contribution in [2.24, 2.45) is 22.7 Å². The van der Waals surface area contributed by atoms with Crippen molar-refractivity contribution < 1.29 is 33.3 Å². The van der Waals surface area contributed by atoms with Crippen molar-refractivity contribution >= 4 is 18.4 Å². The smallest absolute Gasteiger partial charge is 0.338 e. The average molecular weight is 483 g/mol. The monoisotopic (exact) mass is 482 g/mol. The fraction of sp³-hybridized carbons (Fsp3) is 0.607. The van der Waals surface area contributed by atoms with Crippen LogP contribution in [-0.4, -0.2) is 49.4 Å². The Morgan fingerprint density at radius 2 is 1.89 bits per heavy atom. The van der Waals surface area contributed by atoms with Crippen LogP contribution in [0.5, 0.6) is 0 Å². The lowest BCUT2D eigenvalue weighted by molar-refractivity contribution is -0.201. The number of carbonyl (C=O) groups excluding carboxylic acids is 3. The number of hydrogen-bond donors (Lipinski definition) is 0. The number of rotatable bonds is 6. The van der Waals surface area contributed by atoms with E-state index in [0.29, 0.717) is 30.6 Å². The van der Waals surface area contributed by atoms with Crippen molar-refractivity contribution in [3.63, 3.8) is 0 Å². The van der Waals surface area contributed by atoms with E-state index in [1.54, 1.807) is 12.1 Å². The summed E-state index contributed by atoms with van der Waals surface area (Å²) in [6, 6.07) is 9.00. The zero-order valence-electron chi connectivity index (χ0n) is 20.7. The fourth-order valence-electron chi connectivity index (χ4n) is 7.75. The summed E-state index contributed by atoms with van der Waals surface area (Å²) >= 11 is 0. The normalized spacial score (nSPS) is 40.2. The molecular formula is C28H34O7. The lowest BCUT2D eigenvalue weighted by Gasteiger charge is -2.62. The largest absolute Gasteiger partial charge is 0.467 e. The first-order valence-corrected chi connectivity index (χ1v) is 12.6. The number of benzene rings is 1. The molecule has 2 aliphatic heterocycles. The van der Waals surface area contributed by atoms with E-state index in [9.17, 15) is 14.4 Å². The van der Waals surface area contributed by atoms with Crippen LogP contribution in [0, 0.1) is 22.7 Å². The molecule has 1 aromatic rings. The van der Waals surface area contributed by atoms with E-state index in [0.717, 1.165) is 25.7 Å². The van der Waals surface area contributed by atoms with Gasteiger partial charge in [0, 0.05) is 5.41 Å². The van der Waals surface area contributed by atoms with Gasteiger partial charge in [-0.05, 0) is 74.5 Å². The van der Waals surface area contributed by atoms with Gasteiger partial charge in [-0.2, -0.15) is 0 Å². The molecule has 4 aliphatic rings. The maximum absolute atomic E-state index is 13.0. The third-order valence-corrected chi connectivity index (χ3v) is 9.42. The van der Waals surface area contributed by atoms with Crippen LogP contribution in [-0.2, 0) is 28.5 Å². The number of ether oxygens (including phenoxy) is 4. The number of esters is 2. The molecule has 0 spiro atoms. The van der Waals surface area contributed by atoms with Gasteiger partial charge in [0.2, 0.25) is 0 Å². The van der Waals surface area contributed by atoms with Crippen molar-refractivity contribution in [2.45, 2.75) is 70.7 Å². The number of fused-ring (bicyclic) bond motifs is 3. The first-order chi connectivity index (χ1) is 16.7. The molecule has 1 aromatic carbocycles. The molecule has 35 heavy (non-hydrogen) atoms. The molecule has 2 saturated carbocycles. The van der Waals surface area contributed by atoms with Gasteiger partial charge >= 0.3 is 11.9 Å². The number of cyclic esters (lactones) is 1. The minimum absolute atomic E-state index is 0.124. The van der Waals surface area contributed by atoms with E-state index < -0.39 is 5.41 Å². The highest BCUT2D eigenvalue weighted by molar-refractivity contribution is 5.91. The molecule has 1 saturated heterocycles. The van der Waals surface area contributed by atoms with Crippen LogP contribution in [0.3, 0.4) is 0 Å². The standard InChI is InChI=1S/C28H34O7/c1-26-12-10-23(34-24(30)18-7-5-4-6-8-18)27(2,16-32-17-29)21(26)9-13-28(3)22(26)15-20(35-28)19-11-14-33-25(19)31/h4-8,11,17,20-23H,9-10,12-16H2,1-3H3/t20?,21-,22?,23+,26+,27-,28+/m0/s1. The van der Waals surface area contributed by atoms with Gasteiger partial charge in [-0.3, -0.25) is 4.79 Å². The average Bonchev–Trinajstić information content (AvgIpc) is 3.43. The quantitative estimate of drug-likeness (QED) is 0.340. The first kappa shape index (κ1) is 24.0. The molecule has 2 aliphatic carbocycles. The van der Waals surface area contributed by atoms with E-state index in [4.69, 9.17) is 18.9 Å². The second-order valence-corrected chi connectivity index (χ2v) is 11.3. The molecule has 3 fully saturated rings. The van der Waals surface area contributed by atoms with Crippen molar-refractivity contribution in [1.82, 2.24) is 0 Å². The summed E-state index contributed by atoms with van der Waals surface area (Å²) in [6.07, 6.45) is 5.18. The summed E-state index contributed by atoms with van der Waals surface area (Å²) in [7, 11) is 0. The Balaban J connectivity index is 1.43. The zero-order valence-corrected chi connectivity index (χ0v) is 20.7. The summed E-state index contributed by atoms with van der Waals surface area (Å²) in [5, 5.41) is 0. The maximum atomic E-state index is 13.0. The molecule has 2 unspecified atom stereocenters. The molecule has 0 N–H and O–H groups in total. The summed E-state index contributed by atoms with van der Waals surface area (Å²) < 4.78 is 23.2. The summed E-state index contributed by atoms with van der Waals surface area (Å²) in [4.78, 5) is 36.4. The molecule has 0 bridgehead atoms. The van der Waals surface area contributed by atoms with Crippen LogP contribution in [0.25, 0.3) is 0 Å². The van der Waals surface area contributed by atoms with Gasteiger partial charge in [0.25, 0.3) is 6.47 Å². The van der Waals surface area contributed by atoms with Crippen LogP contribution in [0.2, 0.25) is 0 Å². The zero-order chi connectivity index (χ0) is 24.8. The van der Waals surface area contributed by atoms with Gasteiger partial charge in [-0.25, -0.2) is 9.59 Å². The predicted octanol–water partition coefficient (Wildman–Crippen LogP) is 4.25. The van der Waals surface area contributed by atoms with E-state index in [1.165, 1.54) is 0 Å². The number of carbonyl (C=O) groups is 3. The van der Waals surface area contributed by atoms with E-state index >= 15 is 0 Å². The van der Waals surface area contributed by atoms with Crippen LogP contribution in [0.4, 0.5) is 0 Å². The van der Waals surface area contributed by atoms with Crippen molar-refractivity contribution in [3.8, 4) is 0 Å². The van der Waals surface area contributed by atoms with Crippen molar-refractivity contribution in [3.05, 3.63) is 47.5 Å². The molecule has 0 amide bonds. The van der Waals surface area contributed by atoms with Gasteiger partial charge in [0.15, 0.2) is 0 Å². The molecule has 2 heterocycles. The molecule has 0 radical (unpaired) electrons. The minimum atomic E-state index is -0.538. The minimum Gasteiger partial charge on any atom is -0.467 e. The SMILES string of the molecule is C[C@]1(COC=O)[C@H]2CC[C@@]3(C)OC(C4=CCOC4=O)CC3[C@]2(C)CC[C@H]1OC(=O)c1ccccc1. The third-order valence-electron chi connectivity index (χ3n) is 9.42. The predicted molar refractivity (Wildman–Crippen MR) is 126 cm³/mol. The lowest BCUT2D eigenvalue weighted by atomic mass is 9.44. The maximum Gasteiger partial charge on any atom is 0.338 e. The highest BCUT2D eigenvalue weighted by atomic mass is 16.6. The van der Waals surface area contributed by atoms with Gasteiger partial charge in [-0.1, -0.05) is 32.0 Å². The Kier molecular flexibility index (Phi) is 6.02. The van der Waals surface area contributed by atoms with E-state index in [1.807, 2.05) is 24.3 Å². The third kappa shape index (κ3) is 3.88. The van der Waals surface area contributed by atoms with Gasteiger partial charge < -0.3 is 18.9 Å². The van der Waals surface area contributed by atoms with Crippen LogP contribution < -0.4 is 0 Å². The molecular weight excluding hydrogens is 448 g/mol. The first-order valence-electron chi connectivity index (χ1n) is 12.6. The summed E-state index contributed by atoms with van der Waals surface area (Å²) in [5.41, 5.74) is 0.141. The molecule has 7 heteroatoms. The number of hydrogen-bond acceptors (Lipinski definition) is 7. The Morgan fingerprint density at radius 1 is 1.11 bits per heavy atom. The molecule has 0 aromatic heterocycles. The highest BCUT2D eigenvalue weighted by Gasteiger charge is 2.66. The Bertz CT molecular complexity index is 1040. The Morgan fingerprint density at radius 3 is 2.57 bits per heavy atom. The van der Waals surface area contributed by atoms with Crippen LogP contribution in [0.1, 0.15) is 63.2 Å². The van der Waals surface area contributed by atoms with Gasteiger partial charge in [-0.15, -0.1) is 0 Å². The second kappa shape index (κ2) is 8.77. The molecule has 7 atom stereocenters. The lowest BCUT2D eigenvalue weighted by Crippen LogP contribution is -2.62. The molecule has 7 nitrogen and oxygen atoms in total. The van der Waals surface area contributed by atoms with Crippen molar-refractivity contribution in [2.75, 3.05) is 13.2 Å². The topological polar surface area (TPSA) is 88.1 Å². The highest BCUT2D eigenvalue weighted by Crippen LogP contribution is 2.66. The molecule has 5 rings (SSSR count). The fourth-order valence-corrected chi connectivity index (χ4v) is 7.75. The molecule has 188 valence electrons. The second-order valence-electron chi connectivity index (χ2n) is 11.3. The van der Waals surface area contributed by atoms with Crippen molar-refractivity contribution in [1.29, 1.82) is 0 Å². The van der Waals surface area contributed by atoms with Crippen LogP contribution in [0.15, 0.2) is 42.0 Å². The summed E-state index contributed by atoms with van der Waals surface area (Å²) in [6.45, 7) is 7.54.